The Morgan fingerprint density at radius 3 is 2.92 bits per heavy atom. The van der Waals surface area contributed by atoms with Gasteiger partial charge in [-0.1, -0.05) is 6.07 Å². The van der Waals surface area contributed by atoms with Gasteiger partial charge in [-0.3, -0.25) is 4.79 Å². The molecule has 0 unspecified atom stereocenters. The van der Waals surface area contributed by atoms with Gasteiger partial charge < -0.3 is 14.5 Å². The highest BCUT2D eigenvalue weighted by Gasteiger charge is 2.26. The van der Waals surface area contributed by atoms with Gasteiger partial charge in [0.05, 0.1) is 6.54 Å². The highest BCUT2D eigenvalue weighted by atomic mass is 16.5. The topological polar surface area (TPSA) is 58.6 Å². The van der Waals surface area contributed by atoms with Crippen LogP contribution in [-0.4, -0.2) is 54.1 Å². The van der Waals surface area contributed by atoms with Crippen LogP contribution < -0.4 is 9.64 Å². The fourth-order valence-electron chi connectivity index (χ4n) is 2.99. The number of carbonyl (C=O) groups excluding carboxylic acids is 1. The van der Waals surface area contributed by atoms with Crippen LogP contribution in [0.4, 0.5) is 5.69 Å². The third kappa shape index (κ3) is 4.26. The molecule has 0 aliphatic carbocycles. The van der Waals surface area contributed by atoms with Gasteiger partial charge in [-0.15, -0.1) is 0 Å². The van der Waals surface area contributed by atoms with E-state index in [0.717, 1.165) is 25.1 Å². The van der Waals surface area contributed by atoms with Gasteiger partial charge in [0, 0.05) is 44.2 Å². The van der Waals surface area contributed by atoms with E-state index < -0.39 is 0 Å². The van der Waals surface area contributed by atoms with Crippen LogP contribution in [0.15, 0.2) is 36.5 Å². The highest BCUT2D eigenvalue weighted by molar-refractivity contribution is 5.95. The lowest BCUT2D eigenvalue weighted by molar-refractivity contribution is 0.0527. The van der Waals surface area contributed by atoms with E-state index in [4.69, 9.17) is 4.74 Å². The summed E-state index contributed by atoms with van der Waals surface area (Å²) >= 11 is 0. The summed E-state index contributed by atoms with van der Waals surface area (Å²) < 4.78 is 5.96. The van der Waals surface area contributed by atoms with Crippen molar-refractivity contribution in [2.75, 3.05) is 32.1 Å². The van der Waals surface area contributed by atoms with E-state index in [-0.39, 0.29) is 12.0 Å². The number of amides is 1. The van der Waals surface area contributed by atoms with Crippen LogP contribution >= 0.6 is 0 Å². The lowest BCUT2D eigenvalue weighted by atomic mass is 10.1. The van der Waals surface area contributed by atoms with Gasteiger partial charge >= 0.3 is 0 Å². The number of carbonyl (C=O) groups is 1. The molecule has 1 aliphatic heterocycles. The first-order valence-corrected chi connectivity index (χ1v) is 8.56. The fourth-order valence-corrected chi connectivity index (χ4v) is 2.99. The van der Waals surface area contributed by atoms with Crippen LogP contribution in [0.5, 0.6) is 5.88 Å². The Balaban J connectivity index is 1.68. The third-order valence-corrected chi connectivity index (χ3v) is 4.31. The first-order chi connectivity index (χ1) is 12.0. The Morgan fingerprint density at radius 2 is 2.16 bits per heavy atom. The Hall–Kier alpha value is -2.63. The Bertz CT molecular complexity index is 748. The van der Waals surface area contributed by atoms with E-state index in [1.165, 1.54) is 0 Å². The van der Waals surface area contributed by atoms with E-state index in [1.807, 2.05) is 55.1 Å². The predicted molar refractivity (Wildman–Crippen MR) is 97.1 cm³/mol. The van der Waals surface area contributed by atoms with Gasteiger partial charge in [-0.25, -0.2) is 4.98 Å². The number of aromatic nitrogens is 2. The van der Waals surface area contributed by atoms with Crippen LogP contribution in [0.2, 0.25) is 0 Å². The SMILES string of the molecule is Cc1nccc(O[C@H]2CCCN(C(=O)c3cccc(N(C)C)c3)C2)n1. The molecule has 1 aliphatic rings. The molecule has 6 heteroatoms. The maximum absolute atomic E-state index is 12.9. The predicted octanol–water partition coefficient (Wildman–Crippen LogP) is 2.53. The van der Waals surface area contributed by atoms with Gasteiger partial charge in [0.2, 0.25) is 5.88 Å². The van der Waals surface area contributed by atoms with Gasteiger partial charge in [0.1, 0.15) is 11.9 Å². The van der Waals surface area contributed by atoms with Crippen molar-refractivity contribution in [1.82, 2.24) is 14.9 Å². The quantitative estimate of drug-likeness (QED) is 0.856. The van der Waals surface area contributed by atoms with Crippen molar-refractivity contribution in [1.29, 1.82) is 0 Å². The van der Waals surface area contributed by atoms with Crippen LogP contribution in [0.1, 0.15) is 29.0 Å². The molecule has 3 rings (SSSR count). The normalized spacial score (nSPS) is 17.2. The van der Waals surface area contributed by atoms with Crippen molar-refractivity contribution in [2.45, 2.75) is 25.9 Å². The van der Waals surface area contributed by atoms with Crippen molar-refractivity contribution in [3.8, 4) is 5.88 Å². The summed E-state index contributed by atoms with van der Waals surface area (Å²) in [6.07, 6.45) is 3.50. The molecular formula is C19H24N4O2. The van der Waals surface area contributed by atoms with E-state index in [0.29, 0.717) is 23.8 Å². The average Bonchev–Trinajstić information content (AvgIpc) is 2.61. The number of benzene rings is 1. The zero-order chi connectivity index (χ0) is 17.8. The van der Waals surface area contributed by atoms with E-state index in [9.17, 15) is 4.79 Å². The van der Waals surface area contributed by atoms with Gasteiger partial charge in [0.25, 0.3) is 5.91 Å². The van der Waals surface area contributed by atoms with Gasteiger partial charge in [-0.05, 0) is 38.0 Å². The number of hydrogen-bond donors (Lipinski definition) is 0. The number of likely N-dealkylation sites (tertiary alicyclic amines) is 1. The molecule has 0 N–H and O–H groups in total. The van der Waals surface area contributed by atoms with Crippen molar-refractivity contribution in [3.63, 3.8) is 0 Å². The molecule has 1 saturated heterocycles. The highest BCUT2D eigenvalue weighted by Crippen LogP contribution is 2.20. The molecule has 2 heterocycles. The molecule has 132 valence electrons. The monoisotopic (exact) mass is 340 g/mol. The molecule has 1 amide bonds. The number of aryl methyl sites for hydroxylation is 1. The largest absolute Gasteiger partial charge is 0.472 e. The number of ether oxygens (including phenoxy) is 1. The first-order valence-electron chi connectivity index (χ1n) is 8.56. The number of nitrogens with zero attached hydrogens (tertiary/aromatic N) is 4. The minimum Gasteiger partial charge on any atom is -0.472 e. The summed E-state index contributed by atoms with van der Waals surface area (Å²) in [6, 6.07) is 9.48. The molecule has 0 saturated carbocycles. The van der Waals surface area contributed by atoms with Crippen LogP contribution in [0.3, 0.4) is 0 Å². The van der Waals surface area contributed by atoms with Crippen molar-refractivity contribution in [3.05, 3.63) is 47.9 Å². The summed E-state index contributed by atoms with van der Waals surface area (Å²) in [6.45, 7) is 3.17. The molecule has 1 aromatic heterocycles. The fraction of sp³-hybridized carbons (Fsp3) is 0.421. The number of hydrogen-bond acceptors (Lipinski definition) is 5. The van der Waals surface area contributed by atoms with Crippen molar-refractivity contribution < 1.29 is 9.53 Å². The molecule has 6 nitrogen and oxygen atoms in total. The Labute approximate surface area is 148 Å². The second-order valence-corrected chi connectivity index (χ2v) is 6.52. The lowest BCUT2D eigenvalue weighted by Crippen LogP contribution is -2.44. The molecular weight excluding hydrogens is 316 g/mol. The van der Waals surface area contributed by atoms with Crippen LogP contribution in [-0.2, 0) is 0 Å². The Morgan fingerprint density at radius 1 is 1.32 bits per heavy atom. The minimum atomic E-state index is -0.0379. The minimum absolute atomic E-state index is 0.0379. The lowest BCUT2D eigenvalue weighted by Gasteiger charge is -2.32. The smallest absolute Gasteiger partial charge is 0.254 e. The molecule has 1 aromatic carbocycles. The van der Waals surface area contributed by atoms with Crippen molar-refractivity contribution in [2.24, 2.45) is 0 Å². The zero-order valence-corrected chi connectivity index (χ0v) is 15.0. The molecule has 1 fully saturated rings. The van der Waals surface area contributed by atoms with Crippen molar-refractivity contribution >= 4 is 11.6 Å². The summed E-state index contributed by atoms with van der Waals surface area (Å²) in [7, 11) is 3.94. The van der Waals surface area contributed by atoms with Crippen LogP contribution in [0, 0.1) is 6.92 Å². The summed E-state index contributed by atoms with van der Waals surface area (Å²) in [5, 5.41) is 0. The molecule has 1 atom stereocenters. The summed E-state index contributed by atoms with van der Waals surface area (Å²) in [5.74, 6) is 1.30. The summed E-state index contributed by atoms with van der Waals surface area (Å²) in [5.41, 5.74) is 1.73. The van der Waals surface area contributed by atoms with E-state index >= 15 is 0 Å². The molecule has 0 spiro atoms. The first kappa shape index (κ1) is 17.2. The molecule has 2 aromatic rings. The number of piperidine rings is 1. The summed E-state index contributed by atoms with van der Waals surface area (Å²) in [4.78, 5) is 25.1. The molecule has 0 bridgehead atoms. The van der Waals surface area contributed by atoms with Gasteiger partial charge in [0.15, 0.2) is 0 Å². The second-order valence-electron chi connectivity index (χ2n) is 6.52. The average molecular weight is 340 g/mol. The zero-order valence-electron chi connectivity index (χ0n) is 15.0. The van der Waals surface area contributed by atoms with E-state index in [2.05, 4.69) is 9.97 Å². The Kier molecular flexibility index (Phi) is 5.16. The standard InChI is InChI=1S/C19H24N4O2/c1-14-20-10-9-18(21-14)25-17-8-5-11-23(13-17)19(24)15-6-4-7-16(12-15)22(2)3/h4,6-7,9-10,12,17H,5,8,11,13H2,1-3H3/t17-/m0/s1. The third-order valence-electron chi connectivity index (χ3n) is 4.31. The van der Waals surface area contributed by atoms with Crippen LogP contribution in [0.25, 0.3) is 0 Å². The second kappa shape index (κ2) is 7.51. The van der Waals surface area contributed by atoms with Gasteiger partial charge in [-0.2, -0.15) is 4.98 Å². The molecule has 0 radical (unpaired) electrons. The molecule has 25 heavy (non-hydrogen) atoms. The maximum atomic E-state index is 12.9. The maximum Gasteiger partial charge on any atom is 0.254 e. The van der Waals surface area contributed by atoms with E-state index in [1.54, 1.807) is 12.3 Å². The number of anilines is 1. The number of rotatable bonds is 4.